The number of benzene rings is 1. The second kappa shape index (κ2) is 7.88. The van der Waals surface area contributed by atoms with Gasteiger partial charge in [-0.25, -0.2) is 8.42 Å². The van der Waals surface area contributed by atoms with Crippen molar-refractivity contribution in [3.8, 4) is 0 Å². The van der Waals surface area contributed by atoms with Crippen LogP contribution in [0.3, 0.4) is 0 Å². The van der Waals surface area contributed by atoms with Crippen molar-refractivity contribution in [3.63, 3.8) is 0 Å². The Balaban J connectivity index is 1.80. The lowest BCUT2D eigenvalue weighted by Gasteiger charge is -2.26. The van der Waals surface area contributed by atoms with Crippen LogP contribution in [0.1, 0.15) is 50.0 Å². The number of ether oxygens (including phenoxy) is 1. The van der Waals surface area contributed by atoms with Crippen molar-refractivity contribution in [2.45, 2.75) is 54.6 Å². The SMILES string of the molecule is O=C(O)CC(=O)C(CC1CCOCC1)c1ccc(S(=O)(=O)C2CC2)cc1. The molecule has 0 amide bonds. The zero-order valence-corrected chi connectivity index (χ0v) is 15.4. The molecule has 0 aromatic heterocycles. The highest BCUT2D eigenvalue weighted by molar-refractivity contribution is 7.92. The number of carboxylic acids is 1. The summed E-state index contributed by atoms with van der Waals surface area (Å²) in [4.78, 5) is 23.8. The van der Waals surface area contributed by atoms with Crippen LogP contribution in [0.5, 0.6) is 0 Å². The van der Waals surface area contributed by atoms with Gasteiger partial charge in [0.25, 0.3) is 0 Å². The summed E-state index contributed by atoms with van der Waals surface area (Å²) in [7, 11) is -3.27. The smallest absolute Gasteiger partial charge is 0.310 e. The zero-order valence-electron chi connectivity index (χ0n) is 14.6. The predicted molar refractivity (Wildman–Crippen MR) is 94.8 cm³/mol. The summed E-state index contributed by atoms with van der Waals surface area (Å²) in [6, 6.07) is 6.43. The van der Waals surface area contributed by atoms with Gasteiger partial charge in [0, 0.05) is 19.1 Å². The van der Waals surface area contributed by atoms with E-state index in [0.29, 0.717) is 44.0 Å². The van der Waals surface area contributed by atoms with Crippen LogP contribution in [0.25, 0.3) is 0 Å². The van der Waals surface area contributed by atoms with E-state index in [2.05, 4.69) is 0 Å². The lowest BCUT2D eigenvalue weighted by Crippen LogP contribution is -2.23. The predicted octanol–water partition coefficient (Wildman–Crippen LogP) is 2.57. The van der Waals surface area contributed by atoms with Gasteiger partial charge < -0.3 is 9.84 Å². The van der Waals surface area contributed by atoms with Gasteiger partial charge in [-0.05, 0) is 55.7 Å². The molecule has 1 unspecified atom stereocenters. The zero-order chi connectivity index (χ0) is 18.7. The van der Waals surface area contributed by atoms with E-state index in [9.17, 15) is 18.0 Å². The van der Waals surface area contributed by atoms with E-state index in [4.69, 9.17) is 9.84 Å². The average molecular weight is 380 g/mol. The Kier molecular flexibility index (Phi) is 5.77. The van der Waals surface area contributed by atoms with Crippen molar-refractivity contribution in [1.29, 1.82) is 0 Å². The van der Waals surface area contributed by atoms with Gasteiger partial charge in [0.1, 0.15) is 6.42 Å². The number of carboxylic acid groups (broad SMARTS) is 1. The lowest BCUT2D eigenvalue weighted by atomic mass is 9.82. The van der Waals surface area contributed by atoms with Crippen LogP contribution >= 0.6 is 0 Å². The molecule has 1 saturated carbocycles. The summed E-state index contributed by atoms with van der Waals surface area (Å²) < 4.78 is 30.0. The lowest BCUT2D eigenvalue weighted by molar-refractivity contribution is -0.140. The van der Waals surface area contributed by atoms with Gasteiger partial charge in [-0.1, -0.05) is 12.1 Å². The monoisotopic (exact) mass is 380 g/mol. The van der Waals surface area contributed by atoms with Crippen molar-refractivity contribution < 1.29 is 27.9 Å². The minimum atomic E-state index is -3.27. The molecule has 0 bridgehead atoms. The fourth-order valence-electron chi connectivity index (χ4n) is 3.50. The molecule has 3 rings (SSSR count). The van der Waals surface area contributed by atoms with E-state index in [1.807, 2.05) is 0 Å². The fraction of sp³-hybridized carbons (Fsp3) is 0.579. The summed E-state index contributed by atoms with van der Waals surface area (Å²) in [5.74, 6) is -1.69. The number of carbonyl (C=O) groups excluding carboxylic acids is 1. The van der Waals surface area contributed by atoms with E-state index in [-0.39, 0.29) is 15.9 Å². The number of ketones is 1. The molecule has 2 aliphatic rings. The summed E-state index contributed by atoms with van der Waals surface area (Å²) in [5.41, 5.74) is 0.692. The van der Waals surface area contributed by atoms with Crippen molar-refractivity contribution >= 4 is 21.6 Å². The van der Waals surface area contributed by atoms with Crippen LogP contribution < -0.4 is 0 Å². The van der Waals surface area contributed by atoms with Gasteiger partial charge in [0.05, 0.1) is 10.1 Å². The van der Waals surface area contributed by atoms with Gasteiger partial charge >= 0.3 is 5.97 Å². The third kappa shape index (κ3) is 4.51. The minimum Gasteiger partial charge on any atom is -0.481 e. The van der Waals surface area contributed by atoms with Crippen LogP contribution in [-0.4, -0.2) is 43.7 Å². The second-order valence-corrected chi connectivity index (χ2v) is 9.42. The second-order valence-electron chi connectivity index (χ2n) is 7.19. The highest BCUT2D eigenvalue weighted by Crippen LogP contribution is 2.35. The molecule has 1 aromatic carbocycles. The molecule has 1 saturated heterocycles. The van der Waals surface area contributed by atoms with Crippen molar-refractivity contribution in [3.05, 3.63) is 29.8 Å². The standard InChI is InChI=1S/C19H24O6S/c20-18(12-19(21)22)17(11-13-7-9-25-10-8-13)14-1-3-15(4-2-14)26(23,24)16-5-6-16/h1-4,13,16-17H,5-12H2,(H,21,22). The van der Waals surface area contributed by atoms with E-state index in [0.717, 1.165) is 12.8 Å². The number of hydrogen-bond donors (Lipinski definition) is 1. The first-order valence-electron chi connectivity index (χ1n) is 9.04. The fourth-order valence-corrected chi connectivity index (χ4v) is 5.16. The third-order valence-corrected chi connectivity index (χ3v) is 7.48. The highest BCUT2D eigenvalue weighted by Gasteiger charge is 2.37. The van der Waals surface area contributed by atoms with Crippen molar-refractivity contribution in [2.75, 3.05) is 13.2 Å². The molecule has 7 heteroatoms. The maximum Gasteiger partial charge on any atom is 0.310 e. The van der Waals surface area contributed by atoms with Crippen LogP contribution in [0.2, 0.25) is 0 Å². The minimum absolute atomic E-state index is 0.277. The van der Waals surface area contributed by atoms with Gasteiger partial charge in [-0.15, -0.1) is 0 Å². The number of carbonyl (C=O) groups is 2. The molecule has 1 aliphatic carbocycles. The molecule has 142 valence electrons. The molecule has 1 N–H and O–H groups in total. The van der Waals surface area contributed by atoms with Gasteiger partial charge in [0.2, 0.25) is 0 Å². The number of Topliss-reactive ketones (excluding diaryl/α,β-unsaturated/α-hetero) is 1. The molecule has 0 spiro atoms. The number of sulfone groups is 1. The summed E-state index contributed by atoms with van der Waals surface area (Å²) in [6.07, 6.45) is 3.16. The van der Waals surface area contributed by atoms with Gasteiger partial charge in [0.15, 0.2) is 15.6 Å². The molecule has 1 aromatic rings. The average Bonchev–Trinajstić information content (AvgIpc) is 3.46. The Morgan fingerprint density at radius 3 is 2.23 bits per heavy atom. The quantitative estimate of drug-likeness (QED) is 0.696. The molecule has 6 nitrogen and oxygen atoms in total. The molecule has 1 aliphatic heterocycles. The summed E-state index contributed by atoms with van der Waals surface area (Å²) >= 11 is 0. The largest absolute Gasteiger partial charge is 0.481 e. The first kappa shape index (κ1) is 19.0. The number of hydrogen-bond acceptors (Lipinski definition) is 5. The molecular weight excluding hydrogens is 356 g/mol. The van der Waals surface area contributed by atoms with E-state index in [1.165, 1.54) is 0 Å². The number of rotatable bonds is 8. The van der Waals surface area contributed by atoms with Gasteiger partial charge in [-0.3, -0.25) is 9.59 Å². The number of aliphatic carboxylic acids is 1. The Bertz CT molecular complexity index is 758. The maximum atomic E-state index is 12.5. The first-order valence-corrected chi connectivity index (χ1v) is 10.6. The Morgan fingerprint density at radius 1 is 1.08 bits per heavy atom. The van der Waals surface area contributed by atoms with Crippen LogP contribution in [0, 0.1) is 5.92 Å². The first-order chi connectivity index (χ1) is 12.4. The molecule has 0 radical (unpaired) electrons. The maximum absolute atomic E-state index is 12.5. The third-order valence-electron chi connectivity index (χ3n) is 5.20. The van der Waals surface area contributed by atoms with Crippen LogP contribution in [-0.2, 0) is 24.2 Å². The molecule has 1 atom stereocenters. The Hall–Kier alpha value is -1.73. The normalized spacial score (nSPS) is 19.8. The highest BCUT2D eigenvalue weighted by atomic mass is 32.2. The topological polar surface area (TPSA) is 97.7 Å². The Morgan fingerprint density at radius 2 is 1.69 bits per heavy atom. The van der Waals surface area contributed by atoms with Crippen LogP contribution in [0.15, 0.2) is 29.2 Å². The molecule has 26 heavy (non-hydrogen) atoms. The molecule has 2 fully saturated rings. The van der Waals surface area contributed by atoms with Crippen molar-refractivity contribution in [2.24, 2.45) is 5.92 Å². The van der Waals surface area contributed by atoms with E-state index >= 15 is 0 Å². The van der Waals surface area contributed by atoms with Crippen molar-refractivity contribution in [1.82, 2.24) is 0 Å². The van der Waals surface area contributed by atoms with E-state index < -0.39 is 28.1 Å². The summed E-state index contributed by atoms with van der Waals surface area (Å²) in [6.45, 7) is 1.31. The molecular formula is C19H24O6S. The molecule has 1 heterocycles. The van der Waals surface area contributed by atoms with E-state index in [1.54, 1.807) is 24.3 Å². The van der Waals surface area contributed by atoms with Gasteiger partial charge in [-0.2, -0.15) is 0 Å². The van der Waals surface area contributed by atoms with Crippen LogP contribution in [0.4, 0.5) is 0 Å². The Labute approximate surface area is 153 Å². The summed E-state index contributed by atoms with van der Waals surface area (Å²) in [5, 5.41) is 8.71.